The summed E-state index contributed by atoms with van der Waals surface area (Å²) in [5.41, 5.74) is 2.79. The first kappa shape index (κ1) is 24.5. The SMILES string of the molecule is COCCNC(=O)[C@H](Cc1ccccc1)N(Cc1ccc(Cl)cc1)C(=O)Cc1ccccc1. The highest BCUT2D eigenvalue weighted by molar-refractivity contribution is 6.30. The lowest BCUT2D eigenvalue weighted by Crippen LogP contribution is -2.51. The molecule has 0 spiro atoms. The Morgan fingerprint density at radius 3 is 2.09 bits per heavy atom. The minimum absolute atomic E-state index is 0.112. The number of hydrogen-bond acceptors (Lipinski definition) is 3. The van der Waals surface area contributed by atoms with Crippen molar-refractivity contribution in [1.29, 1.82) is 0 Å². The summed E-state index contributed by atoms with van der Waals surface area (Å²) < 4.78 is 5.08. The van der Waals surface area contributed by atoms with Gasteiger partial charge in [0, 0.05) is 31.6 Å². The Bertz CT molecular complexity index is 1010. The molecule has 0 aliphatic heterocycles. The van der Waals surface area contributed by atoms with Gasteiger partial charge < -0.3 is 15.0 Å². The normalized spacial score (nSPS) is 11.6. The number of hydrogen-bond donors (Lipinski definition) is 1. The highest BCUT2D eigenvalue weighted by Crippen LogP contribution is 2.18. The van der Waals surface area contributed by atoms with Crippen LogP contribution in [0.2, 0.25) is 5.02 Å². The van der Waals surface area contributed by atoms with E-state index in [9.17, 15) is 9.59 Å². The quantitative estimate of drug-likeness (QED) is 0.431. The third-order valence-corrected chi connectivity index (χ3v) is 5.59. The van der Waals surface area contributed by atoms with E-state index in [1.807, 2.05) is 72.8 Å². The van der Waals surface area contributed by atoms with Crippen LogP contribution in [0.3, 0.4) is 0 Å². The van der Waals surface area contributed by atoms with Crippen molar-refractivity contribution in [2.75, 3.05) is 20.3 Å². The molecule has 0 fully saturated rings. The second-order valence-electron chi connectivity index (χ2n) is 7.80. The maximum atomic E-state index is 13.5. The number of benzene rings is 3. The Morgan fingerprint density at radius 1 is 0.879 bits per heavy atom. The molecule has 0 radical (unpaired) electrons. The van der Waals surface area contributed by atoms with Crippen LogP contribution in [0.1, 0.15) is 16.7 Å². The maximum absolute atomic E-state index is 13.5. The van der Waals surface area contributed by atoms with Crippen molar-refractivity contribution in [3.63, 3.8) is 0 Å². The van der Waals surface area contributed by atoms with Crippen LogP contribution in [-0.4, -0.2) is 43.0 Å². The molecule has 6 heteroatoms. The van der Waals surface area contributed by atoms with Crippen LogP contribution in [0.25, 0.3) is 0 Å². The number of rotatable bonds is 11. The molecule has 3 aromatic rings. The summed E-state index contributed by atoms with van der Waals surface area (Å²) in [6.07, 6.45) is 0.624. The van der Waals surface area contributed by atoms with Crippen LogP contribution in [0, 0.1) is 0 Å². The molecule has 5 nitrogen and oxygen atoms in total. The molecule has 0 heterocycles. The van der Waals surface area contributed by atoms with E-state index in [0.29, 0.717) is 31.1 Å². The summed E-state index contributed by atoms with van der Waals surface area (Å²) >= 11 is 6.05. The lowest BCUT2D eigenvalue weighted by Gasteiger charge is -2.31. The first-order chi connectivity index (χ1) is 16.1. The molecule has 0 bridgehead atoms. The average molecular weight is 465 g/mol. The van der Waals surface area contributed by atoms with E-state index in [2.05, 4.69) is 5.32 Å². The molecule has 1 atom stereocenters. The van der Waals surface area contributed by atoms with Crippen molar-refractivity contribution in [3.8, 4) is 0 Å². The van der Waals surface area contributed by atoms with Gasteiger partial charge in [-0.3, -0.25) is 9.59 Å². The molecule has 33 heavy (non-hydrogen) atoms. The molecule has 2 amide bonds. The Hall–Kier alpha value is -3.15. The zero-order chi connectivity index (χ0) is 23.5. The number of carbonyl (C=O) groups excluding carboxylic acids is 2. The van der Waals surface area contributed by atoms with E-state index in [1.54, 1.807) is 24.1 Å². The van der Waals surface area contributed by atoms with Crippen molar-refractivity contribution in [3.05, 3.63) is 107 Å². The topological polar surface area (TPSA) is 58.6 Å². The van der Waals surface area contributed by atoms with Gasteiger partial charge in [-0.25, -0.2) is 0 Å². The molecule has 0 aromatic heterocycles. The molecule has 3 rings (SSSR count). The monoisotopic (exact) mass is 464 g/mol. The second-order valence-corrected chi connectivity index (χ2v) is 8.24. The molecule has 0 saturated carbocycles. The summed E-state index contributed by atoms with van der Waals surface area (Å²) in [7, 11) is 1.59. The van der Waals surface area contributed by atoms with Crippen molar-refractivity contribution in [2.45, 2.75) is 25.4 Å². The Morgan fingerprint density at radius 2 is 1.48 bits per heavy atom. The van der Waals surface area contributed by atoms with Gasteiger partial charge in [0.1, 0.15) is 6.04 Å². The van der Waals surface area contributed by atoms with E-state index in [-0.39, 0.29) is 18.2 Å². The largest absolute Gasteiger partial charge is 0.383 e. The zero-order valence-corrected chi connectivity index (χ0v) is 19.5. The van der Waals surface area contributed by atoms with Gasteiger partial charge in [-0.1, -0.05) is 84.4 Å². The van der Waals surface area contributed by atoms with E-state index in [4.69, 9.17) is 16.3 Å². The fourth-order valence-corrected chi connectivity index (χ4v) is 3.73. The molecule has 172 valence electrons. The van der Waals surface area contributed by atoms with Gasteiger partial charge in [-0.2, -0.15) is 0 Å². The highest BCUT2D eigenvalue weighted by atomic mass is 35.5. The van der Waals surface area contributed by atoms with Crippen LogP contribution in [0.4, 0.5) is 0 Å². The lowest BCUT2D eigenvalue weighted by atomic mass is 10.0. The molecular weight excluding hydrogens is 436 g/mol. The van der Waals surface area contributed by atoms with Gasteiger partial charge in [0.2, 0.25) is 11.8 Å². The molecular formula is C27H29ClN2O3. The van der Waals surface area contributed by atoms with Gasteiger partial charge in [-0.15, -0.1) is 0 Å². The Balaban J connectivity index is 1.91. The molecule has 1 N–H and O–H groups in total. The molecule has 0 saturated heterocycles. The minimum Gasteiger partial charge on any atom is -0.383 e. The number of methoxy groups -OCH3 is 1. The van der Waals surface area contributed by atoms with Crippen molar-refractivity contribution in [1.82, 2.24) is 10.2 Å². The third-order valence-electron chi connectivity index (χ3n) is 5.34. The first-order valence-electron chi connectivity index (χ1n) is 10.9. The number of carbonyl (C=O) groups is 2. The third kappa shape index (κ3) is 7.74. The van der Waals surface area contributed by atoms with E-state index in [1.165, 1.54) is 0 Å². The van der Waals surface area contributed by atoms with Gasteiger partial charge in [0.25, 0.3) is 0 Å². The average Bonchev–Trinajstić information content (AvgIpc) is 2.84. The van der Waals surface area contributed by atoms with Gasteiger partial charge in [0.15, 0.2) is 0 Å². The number of halogens is 1. The first-order valence-corrected chi connectivity index (χ1v) is 11.3. The van der Waals surface area contributed by atoms with E-state index >= 15 is 0 Å². The summed E-state index contributed by atoms with van der Waals surface area (Å²) in [5.74, 6) is -0.315. The van der Waals surface area contributed by atoms with Crippen LogP contribution in [-0.2, 0) is 33.7 Å². The van der Waals surface area contributed by atoms with Gasteiger partial charge in [0.05, 0.1) is 13.0 Å². The van der Waals surface area contributed by atoms with E-state index < -0.39 is 6.04 Å². The standard InChI is InChI=1S/C27H29ClN2O3/c1-33-17-16-29-27(32)25(18-21-8-4-2-5-9-21)30(20-23-12-14-24(28)15-13-23)26(31)19-22-10-6-3-7-11-22/h2-15,25H,16-20H2,1H3,(H,29,32)/t25-/m0/s1. The molecule has 0 unspecified atom stereocenters. The lowest BCUT2D eigenvalue weighted by molar-refractivity contribution is -0.140. The number of ether oxygens (including phenoxy) is 1. The predicted octanol–water partition coefficient (Wildman–Crippen LogP) is 4.29. The fraction of sp³-hybridized carbons (Fsp3) is 0.259. The second kappa shape index (κ2) is 12.8. The van der Waals surface area contributed by atoms with Crippen LogP contribution < -0.4 is 5.32 Å². The van der Waals surface area contributed by atoms with Crippen molar-refractivity contribution >= 4 is 23.4 Å². The Kier molecular flexibility index (Phi) is 9.48. The van der Waals surface area contributed by atoms with Crippen molar-refractivity contribution in [2.24, 2.45) is 0 Å². The summed E-state index contributed by atoms with van der Waals surface area (Å²) in [6, 6.07) is 26.0. The smallest absolute Gasteiger partial charge is 0.243 e. The van der Waals surface area contributed by atoms with Crippen LogP contribution >= 0.6 is 11.6 Å². The highest BCUT2D eigenvalue weighted by Gasteiger charge is 2.30. The molecule has 3 aromatic carbocycles. The summed E-state index contributed by atoms with van der Waals surface area (Å²) in [5, 5.41) is 3.54. The fourth-order valence-electron chi connectivity index (χ4n) is 3.61. The minimum atomic E-state index is -0.670. The van der Waals surface area contributed by atoms with Crippen LogP contribution in [0.15, 0.2) is 84.9 Å². The number of nitrogens with zero attached hydrogens (tertiary/aromatic N) is 1. The van der Waals surface area contributed by atoms with Crippen LogP contribution in [0.5, 0.6) is 0 Å². The zero-order valence-electron chi connectivity index (χ0n) is 18.7. The van der Waals surface area contributed by atoms with Gasteiger partial charge in [-0.05, 0) is 28.8 Å². The van der Waals surface area contributed by atoms with Gasteiger partial charge >= 0.3 is 0 Å². The summed E-state index contributed by atoms with van der Waals surface area (Å²) in [4.78, 5) is 28.5. The van der Waals surface area contributed by atoms with E-state index in [0.717, 1.165) is 16.7 Å². The predicted molar refractivity (Wildman–Crippen MR) is 131 cm³/mol. The van der Waals surface area contributed by atoms with Crippen molar-refractivity contribution < 1.29 is 14.3 Å². The number of nitrogens with one attached hydrogen (secondary N) is 1. The maximum Gasteiger partial charge on any atom is 0.243 e. The Labute approximate surface area is 200 Å². The molecule has 0 aliphatic rings. The molecule has 0 aliphatic carbocycles. The summed E-state index contributed by atoms with van der Waals surface area (Å²) in [6.45, 7) is 1.08. The number of amides is 2.